The van der Waals surface area contributed by atoms with E-state index in [1.165, 1.54) is 0 Å². The van der Waals surface area contributed by atoms with Crippen molar-refractivity contribution in [3.63, 3.8) is 0 Å². The summed E-state index contributed by atoms with van der Waals surface area (Å²) < 4.78 is 0. The van der Waals surface area contributed by atoms with Gasteiger partial charge in [-0.3, -0.25) is 4.79 Å². The molecule has 132 valence electrons. The zero-order chi connectivity index (χ0) is 17.7. The van der Waals surface area contributed by atoms with Crippen LogP contribution in [0.1, 0.15) is 38.3 Å². The van der Waals surface area contributed by atoms with E-state index in [1.54, 1.807) is 16.7 Å². The van der Waals surface area contributed by atoms with Crippen molar-refractivity contribution in [3.8, 4) is 0 Å². The van der Waals surface area contributed by atoms with Crippen LogP contribution >= 0.6 is 11.8 Å². The second-order valence-corrected chi connectivity index (χ2v) is 7.93. The van der Waals surface area contributed by atoms with Gasteiger partial charge in [0.15, 0.2) is 0 Å². The van der Waals surface area contributed by atoms with Crippen molar-refractivity contribution in [2.24, 2.45) is 11.7 Å². The lowest BCUT2D eigenvalue weighted by molar-refractivity contribution is -0.127. The van der Waals surface area contributed by atoms with Gasteiger partial charge in [0.2, 0.25) is 5.91 Å². The van der Waals surface area contributed by atoms with Crippen LogP contribution < -0.4 is 5.73 Å². The average Bonchev–Trinajstić information content (AvgIpc) is 3.00. The number of carbonyl (C=O) groups is 1. The van der Waals surface area contributed by atoms with Gasteiger partial charge < -0.3 is 15.6 Å². The largest absolute Gasteiger partial charge is 0.345 e. The Bertz CT molecular complexity index is 637. The van der Waals surface area contributed by atoms with Crippen molar-refractivity contribution in [1.29, 1.82) is 0 Å². The molecule has 2 aromatic rings. The van der Waals surface area contributed by atoms with Crippen LogP contribution in [-0.4, -0.2) is 46.2 Å². The first kappa shape index (κ1) is 18.8. The van der Waals surface area contributed by atoms with Gasteiger partial charge in [-0.25, -0.2) is 4.98 Å². The number of nitrogens with two attached hydrogens (primary N) is 1. The van der Waals surface area contributed by atoms with Crippen molar-refractivity contribution in [2.45, 2.75) is 38.5 Å². The Labute approximate surface area is 148 Å². The Balaban J connectivity index is 1.82. The van der Waals surface area contributed by atoms with Crippen LogP contribution in [0.15, 0.2) is 24.3 Å². The second-order valence-electron chi connectivity index (χ2n) is 6.60. The predicted octanol–water partition coefficient (Wildman–Crippen LogP) is 3.19. The maximum atomic E-state index is 12.3. The summed E-state index contributed by atoms with van der Waals surface area (Å²) in [6, 6.07) is 8.11. The molecule has 0 saturated heterocycles. The van der Waals surface area contributed by atoms with Crippen molar-refractivity contribution in [1.82, 2.24) is 14.9 Å². The van der Waals surface area contributed by atoms with Crippen LogP contribution in [0.5, 0.6) is 0 Å². The number of aromatic amines is 1. The number of aromatic nitrogens is 2. The molecule has 0 saturated carbocycles. The first-order valence-electron chi connectivity index (χ1n) is 8.44. The zero-order valence-corrected chi connectivity index (χ0v) is 15.8. The Morgan fingerprint density at radius 2 is 2.04 bits per heavy atom. The molecule has 1 aromatic heterocycles. The van der Waals surface area contributed by atoms with Crippen molar-refractivity contribution < 1.29 is 4.79 Å². The molecule has 0 bridgehead atoms. The minimum Gasteiger partial charge on any atom is -0.345 e. The summed E-state index contributed by atoms with van der Waals surface area (Å²) >= 11 is 1.61. The van der Waals surface area contributed by atoms with Crippen LogP contribution in [0.4, 0.5) is 0 Å². The van der Waals surface area contributed by atoms with E-state index in [1.807, 2.05) is 31.3 Å². The summed E-state index contributed by atoms with van der Waals surface area (Å²) in [5.41, 5.74) is 8.04. The number of benzene rings is 1. The predicted molar refractivity (Wildman–Crippen MR) is 102 cm³/mol. The third kappa shape index (κ3) is 4.98. The van der Waals surface area contributed by atoms with Gasteiger partial charge in [-0.2, -0.15) is 0 Å². The van der Waals surface area contributed by atoms with Crippen LogP contribution in [0.2, 0.25) is 0 Å². The minimum absolute atomic E-state index is 0.138. The number of thioether (sulfide) groups is 1. The van der Waals surface area contributed by atoms with Crippen molar-refractivity contribution >= 4 is 28.7 Å². The van der Waals surface area contributed by atoms with E-state index in [2.05, 4.69) is 30.7 Å². The van der Waals surface area contributed by atoms with Gasteiger partial charge >= 0.3 is 0 Å². The number of rotatable bonds is 8. The number of para-hydroxylation sites is 2. The normalized spacial score (nSPS) is 14.1. The van der Waals surface area contributed by atoms with Gasteiger partial charge in [-0.15, -0.1) is 11.8 Å². The molecule has 0 spiro atoms. The van der Waals surface area contributed by atoms with Crippen LogP contribution in [0.25, 0.3) is 11.0 Å². The standard InChI is InChI=1S/C18H28N4OS/c1-12(2)14(19)9-10-22(4)17(23)11-24-13(3)18-20-15-7-5-6-8-16(15)21-18/h5-8,12-14H,9-11,19H2,1-4H3,(H,20,21). The Morgan fingerprint density at radius 3 is 2.71 bits per heavy atom. The molecule has 0 radical (unpaired) electrons. The quantitative estimate of drug-likeness (QED) is 0.768. The molecule has 2 rings (SSSR count). The number of fused-ring (bicyclic) bond motifs is 1. The third-order valence-electron chi connectivity index (χ3n) is 4.33. The van der Waals surface area contributed by atoms with Gasteiger partial charge in [0.05, 0.1) is 22.0 Å². The first-order chi connectivity index (χ1) is 11.4. The lowest BCUT2D eigenvalue weighted by atomic mass is 10.0. The Morgan fingerprint density at radius 1 is 1.33 bits per heavy atom. The fraction of sp³-hybridized carbons (Fsp3) is 0.556. The summed E-state index contributed by atoms with van der Waals surface area (Å²) in [4.78, 5) is 22.0. The highest BCUT2D eigenvalue weighted by molar-refractivity contribution is 8.00. The molecule has 6 heteroatoms. The monoisotopic (exact) mass is 348 g/mol. The van der Waals surface area contributed by atoms with E-state index in [9.17, 15) is 4.79 Å². The smallest absolute Gasteiger partial charge is 0.232 e. The molecule has 0 aliphatic heterocycles. The molecular formula is C18H28N4OS. The zero-order valence-electron chi connectivity index (χ0n) is 15.0. The maximum Gasteiger partial charge on any atom is 0.232 e. The first-order valence-corrected chi connectivity index (χ1v) is 9.49. The van der Waals surface area contributed by atoms with E-state index in [0.29, 0.717) is 18.2 Å². The average molecular weight is 349 g/mol. The number of amides is 1. The highest BCUT2D eigenvalue weighted by atomic mass is 32.2. The summed E-state index contributed by atoms with van der Waals surface area (Å²) in [6.07, 6.45) is 0.837. The lowest BCUT2D eigenvalue weighted by Crippen LogP contribution is -2.35. The number of nitrogens with one attached hydrogen (secondary N) is 1. The molecular weight excluding hydrogens is 320 g/mol. The van der Waals surface area contributed by atoms with Gasteiger partial charge in [-0.1, -0.05) is 26.0 Å². The fourth-order valence-corrected chi connectivity index (χ4v) is 3.23. The molecule has 0 aliphatic carbocycles. The van der Waals surface area contributed by atoms with E-state index in [-0.39, 0.29) is 17.2 Å². The Kier molecular flexibility index (Phi) is 6.69. The number of imidazole rings is 1. The molecule has 24 heavy (non-hydrogen) atoms. The van der Waals surface area contributed by atoms with Crippen LogP contribution in [-0.2, 0) is 4.79 Å². The SMILES string of the molecule is CC(SCC(=O)N(C)CCC(N)C(C)C)c1nc2ccccc2[nH]1. The van der Waals surface area contributed by atoms with Crippen LogP contribution in [0, 0.1) is 5.92 Å². The fourth-order valence-electron chi connectivity index (χ4n) is 2.35. The van der Waals surface area contributed by atoms with E-state index < -0.39 is 0 Å². The minimum atomic E-state index is 0.138. The number of hydrogen-bond acceptors (Lipinski definition) is 4. The molecule has 2 unspecified atom stereocenters. The molecule has 2 atom stereocenters. The number of hydrogen-bond donors (Lipinski definition) is 2. The van der Waals surface area contributed by atoms with Crippen molar-refractivity contribution in [3.05, 3.63) is 30.1 Å². The molecule has 1 heterocycles. The molecule has 5 nitrogen and oxygen atoms in total. The van der Waals surface area contributed by atoms with E-state index >= 15 is 0 Å². The van der Waals surface area contributed by atoms with Crippen LogP contribution in [0.3, 0.4) is 0 Å². The molecule has 1 aromatic carbocycles. The van der Waals surface area contributed by atoms with Gasteiger partial charge in [0.1, 0.15) is 5.82 Å². The molecule has 3 N–H and O–H groups in total. The summed E-state index contributed by atoms with van der Waals surface area (Å²) in [7, 11) is 1.85. The highest BCUT2D eigenvalue weighted by Crippen LogP contribution is 2.27. The molecule has 0 aliphatic rings. The maximum absolute atomic E-state index is 12.3. The summed E-state index contributed by atoms with van der Waals surface area (Å²) in [5, 5.41) is 0.146. The van der Waals surface area contributed by atoms with Crippen molar-refractivity contribution in [2.75, 3.05) is 19.3 Å². The topological polar surface area (TPSA) is 75.0 Å². The van der Waals surface area contributed by atoms with Gasteiger partial charge in [-0.05, 0) is 31.4 Å². The molecule has 1 amide bonds. The van der Waals surface area contributed by atoms with Gasteiger partial charge in [0.25, 0.3) is 0 Å². The number of carbonyl (C=O) groups excluding carboxylic acids is 1. The Hall–Kier alpha value is -1.53. The summed E-state index contributed by atoms with van der Waals surface area (Å²) in [5.74, 6) is 1.94. The number of H-pyrrole nitrogens is 1. The molecule has 0 fully saturated rings. The second kappa shape index (κ2) is 8.53. The lowest BCUT2D eigenvalue weighted by Gasteiger charge is -2.22. The third-order valence-corrected chi connectivity index (χ3v) is 5.47. The summed E-state index contributed by atoms with van der Waals surface area (Å²) in [6.45, 7) is 7.00. The highest BCUT2D eigenvalue weighted by Gasteiger charge is 2.16. The van der Waals surface area contributed by atoms with E-state index in [0.717, 1.165) is 23.3 Å². The van der Waals surface area contributed by atoms with E-state index in [4.69, 9.17) is 5.73 Å². The van der Waals surface area contributed by atoms with Gasteiger partial charge in [0, 0.05) is 19.6 Å². The number of nitrogens with zero attached hydrogens (tertiary/aromatic N) is 2.